The number of piperazine rings is 1. The third-order valence-corrected chi connectivity index (χ3v) is 7.00. The lowest BCUT2D eigenvalue weighted by Crippen LogP contribution is -2.46. The molecule has 0 amide bonds. The summed E-state index contributed by atoms with van der Waals surface area (Å²) in [5.41, 5.74) is 5.35. The van der Waals surface area contributed by atoms with Gasteiger partial charge in [0.05, 0.1) is 54.3 Å². The molecule has 0 aliphatic carbocycles. The number of hydrogen-bond donors (Lipinski definition) is 1. The number of carbonyl (C=O) groups excluding carboxylic acids is 2. The van der Waals surface area contributed by atoms with Gasteiger partial charge in [-0.25, -0.2) is 9.59 Å². The summed E-state index contributed by atoms with van der Waals surface area (Å²) in [5, 5.41) is 10.2. The molecule has 1 atom stereocenters. The van der Waals surface area contributed by atoms with Crippen LogP contribution in [0.4, 0.5) is 24.5 Å². The Labute approximate surface area is 229 Å². The van der Waals surface area contributed by atoms with Crippen LogP contribution in [0.2, 0.25) is 0 Å². The molecule has 210 valence electrons. The van der Waals surface area contributed by atoms with E-state index in [0.29, 0.717) is 37.4 Å². The van der Waals surface area contributed by atoms with E-state index in [9.17, 15) is 28.0 Å². The molecule has 1 fully saturated rings. The number of halogens is 3. The first kappa shape index (κ1) is 28.5. The van der Waals surface area contributed by atoms with E-state index < -0.39 is 35.3 Å². The number of rotatable bonds is 5. The second-order valence-corrected chi connectivity index (χ2v) is 9.33. The number of alkyl halides is 3. The normalized spacial score (nSPS) is 18.5. The molecule has 40 heavy (non-hydrogen) atoms. The van der Waals surface area contributed by atoms with Crippen molar-refractivity contribution in [1.82, 2.24) is 4.90 Å². The Kier molecular flexibility index (Phi) is 8.06. The highest BCUT2D eigenvalue weighted by molar-refractivity contribution is 6.07. The highest BCUT2D eigenvalue weighted by Crippen LogP contribution is 2.46. The molecule has 9 nitrogen and oxygen atoms in total. The number of nitriles is 1. The number of carbonyl (C=O) groups is 2. The largest absolute Gasteiger partial charge is 0.466 e. The molecule has 2 heterocycles. The molecule has 1 unspecified atom stereocenters. The number of methoxy groups -OCH3 is 2. The SMILES string of the molecule is COC(=O)C1=C(C(=O)OC)N(c2cc(C(F)(F)F)ccc2N2CCN(C)CC2)C(N)=C(C#N)C1c1ccccc1. The highest BCUT2D eigenvalue weighted by Gasteiger charge is 2.44. The van der Waals surface area contributed by atoms with Crippen molar-refractivity contribution in [3.63, 3.8) is 0 Å². The molecule has 0 bridgehead atoms. The van der Waals surface area contributed by atoms with Crippen molar-refractivity contribution < 1.29 is 32.2 Å². The first-order chi connectivity index (χ1) is 19.0. The standard InChI is InChI=1S/C28H28F3N5O4/c1-34-11-13-35(14-12-34)20-10-9-18(28(29,30)31)15-21(20)36-24(27(38)40-3)23(26(37)39-2)22(19(16-32)25(36)33)17-7-5-4-6-8-17/h4-10,15,22H,11-14,33H2,1-3H3. The maximum atomic E-state index is 14.0. The Morgan fingerprint density at radius 2 is 1.60 bits per heavy atom. The Bertz CT molecular complexity index is 1410. The minimum Gasteiger partial charge on any atom is -0.466 e. The molecular formula is C28H28F3N5O4. The van der Waals surface area contributed by atoms with E-state index in [2.05, 4.69) is 4.90 Å². The van der Waals surface area contributed by atoms with Gasteiger partial charge in [-0.05, 0) is 30.8 Å². The van der Waals surface area contributed by atoms with Crippen LogP contribution >= 0.6 is 0 Å². The Balaban J connectivity index is 2.08. The fourth-order valence-corrected chi connectivity index (χ4v) is 4.96. The topological polar surface area (TPSA) is 112 Å². The van der Waals surface area contributed by atoms with Gasteiger partial charge in [0.1, 0.15) is 11.5 Å². The van der Waals surface area contributed by atoms with Crippen LogP contribution in [0.5, 0.6) is 0 Å². The van der Waals surface area contributed by atoms with Gasteiger partial charge in [0, 0.05) is 26.2 Å². The van der Waals surface area contributed by atoms with Gasteiger partial charge >= 0.3 is 18.1 Å². The Morgan fingerprint density at radius 3 is 2.15 bits per heavy atom. The van der Waals surface area contributed by atoms with Crippen molar-refractivity contribution in [2.24, 2.45) is 5.73 Å². The van der Waals surface area contributed by atoms with Gasteiger partial charge in [0.2, 0.25) is 0 Å². The van der Waals surface area contributed by atoms with Crippen LogP contribution in [0.3, 0.4) is 0 Å². The molecule has 4 rings (SSSR count). The Morgan fingerprint density at radius 1 is 0.975 bits per heavy atom. The number of nitrogens with zero attached hydrogens (tertiary/aromatic N) is 4. The van der Waals surface area contributed by atoms with Crippen molar-refractivity contribution in [2.75, 3.05) is 57.2 Å². The van der Waals surface area contributed by atoms with Crippen LogP contribution < -0.4 is 15.5 Å². The summed E-state index contributed by atoms with van der Waals surface area (Å²) in [6.45, 7) is 2.23. The average Bonchev–Trinajstić information content (AvgIpc) is 2.95. The maximum Gasteiger partial charge on any atom is 0.416 e. The molecule has 2 N–H and O–H groups in total. The molecule has 1 saturated heterocycles. The van der Waals surface area contributed by atoms with Crippen LogP contribution in [-0.2, 0) is 25.2 Å². The van der Waals surface area contributed by atoms with Crippen LogP contribution in [0.15, 0.2) is 71.2 Å². The summed E-state index contributed by atoms with van der Waals surface area (Å²) < 4.78 is 51.9. The summed E-state index contributed by atoms with van der Waals surface area (Å²) in [4.78, 5) is 31.6. The van der Waals surface area contributed by atoms with E-state index in [0.717, 1.165) is 31.3 Å². The van der Waals surface area contributed by atoms with Gasteiger partial charge in [0.15, 0.2) is 0 Å². The molecule has 0 spiro atoms. The lowest BCUT2D eigenvalue weighted by atomic mass is 9.80. The second kappa shape index (κ2) is 11.3. The predicted octanol–water partition coefficient (Wildman–Crippen LogP) is 3.35. The number of nitrogens with two attached hydrogens (primary N) is 1. The van der Waals surface area contributed by atoms with Gasteiger partial charge in [0.25, 0.3) is 0 Å². The zero-order chi connectivity index (χ0) is 29.2. The molecule has 2 aliphatic rings. The predicted molar refractivity (Wildman–Crippen MR) is 141 cm³/mol. The second-order valence-electron chi connectivity index (χ2n) is 9.33. The molecule has 2 aliphatic heterocycles. The van der Waals surface area contributed by atoms with E-state index in [1.54, 1.807) is 30.3 Å². The van der Waals surface area contributed by atoms with Crippen LogP contribution in [0.25, 0.3) is 0 Å². The number of benzene rings is 2. The van der Waals surface area contributed by atoms with E-state index >= 15 is 0 Å². The first-order valence-corrected chi connectivity index (χ1v) is 12.3. The number of esters is 2. The number of ether oxygens (including phenoxy) is 2. The molecule has 0 radical (unpaired) electrons. The zero-order valence-corrected chi connectivity index (χ0v) is 22.2. The zero-order valence-electron chi connectivity index (χ0n) is 22.2. The lowest BCUT2D eigenvalue weighted by molar-refractivity contribution is -0.139. The molecular weight excluding hydrogens is 527 g/mol. The van der Waals surface area contributed by atoms with Crippen molar-refractivity contribution in [3.05, 3.63) is 82.3 Å². The van der Waals surface area contributed by atoms with Crippen LogP contribution in [0, 0.1) is 11.3 Å². The summed E-state index contributed by atoms with van der Waals surface area (Å²) in [6, 6.07) is 13.5. The van der Waals surface area contributed by atoms with Crippen molar-refractivity contribution in [2.45, 2.75) is 12.1 Å². The van der Waals surface area contributed by atoms with Gasteiger partial charge in [-0.1, -0.05) is 30.3 Å². The Hall–Kier alpha value is -4.50. The minimum atomic E-state index is -4.73. The third kappa shape index (κ3) is 5.20. The molecule has 0 aromatic heterocycles. The highest BCUT2D eigenvalue weighted by atomic mass is 19.4. The smallest absolute Gasteiger partial charge is 0.416 e. The molecule has 2 aromatic rings. The fourth-order valence-electron chi connectivity index (χ4n) is 4.96. The van der Waals surface area contributed by atoms with E-state index in [4.69, 9.17) is 15.2 Å². The van der Waals surface area contributed by atoms with Crippen LogP contribution in [-0.4, -0.2) is 64.3 Å². The molecule has 0 saturated carbocycles. The van der Waals surface area contributed by atoms with E-state index in [1.807, 2.05) is 18.0 Å². The first-order valence-electron chi connectivity index (χ1n) is 12.3. The van der Waals surface area contributed by atoms with Gasteiger partial charge in [-0.3, -0.25) is 4.90 Å². The monoisotopic (exact) mass is 555 g/mol. The van der Waals surface area contributed by atoms with Crippen molar-refractivity contribution in [1.29, 1.82) is 5.26 Å². The average molecular weight is 556 g/mol. The summed E-state index contributed by atoms with van der Waals surface area (Å²) >= 11 is 0. The number of allylic oxidation sites excluding steroid dienone is 1. The quantitative estimate of drug-likeness (QED) is 0.555. The van der Waals surface area contributed by atoms with Crippen molar-refractivity contribution >= 4 is 23.3 Å². The van der Waals surface area contributed by atoms with Gasteiger partial charge in [-0.15, -0.1) is 0 Å². The fraction of sp³-hybridized carbons (Fsp3) is 0.321. The lowest BCUT2D eigenvalue weighted by Gasteiger charge is -2.40. The van der Waals surface area contributed by atoms with Gasteiger partial charge < -0.3 is 25.0 Å². The third-order valence-electron chi connectivity index (χ3n) is 7.00. The summed E-state index contributed by atoms with van der Waals surface area (Å²) in [5.74, 6) is -3.45. The number of likely N-dealkylation sites (N-methyl/N-ethyl adjacent to an activating group) is 1. The van der Waals surface area contributed by atoms with E-state index in [-0.39, 0.29) is 22.7 Å². The van der Waals surface area contributed by atoms with Crippen molar-refractivity contribution in [3.8, 4) is 6.07 Å². The van der Waals surface area contributed by atoms with E-state index in [1.165, 1.54) is 6.07 Å². The van der Waals surface area contributed by atoms with Crippen LogP contribution in [0.1, 0.15) is 17.0 Å². The molecule has 12 heteroatoms. The molecule has 2 aromatic carbocycles. The number of hydrogen-bond acceptors (Lipinski definition) is 9. The number of anilines is 2. The van der Waals surface area contributed by atoms with Gasteiger partial charge in [-0.2, -0.15) is 18.4 Å². The summed E-state index contributed by atoms with van der Waals surface area (Å²) in [7, 11) is 4.11. The minimum absolute atomic E-state index is 0.127. The maximum absolute atomic E-state index is 14.0. The summed E-state index contributed by atoms with van der Waals surface area (Å²) in [6.07, 6.45) is -4.73.